The zero-order valence-corrected chi connectivity index (χ0v) is 16.9. The van der Waals surface area contributed by atoms with Crippen LogP contribution < -0.4 is 9.47 Å². The van der Waals surface area contributed by atoms with Crippen LogP contribution in [0.2, 0.25) is 0 Å². The molecule has 7 heteroatoms. The van der Waals surface area contributed by atoms with E-state index >= 15 is 0 Å². The Hall–Kier alpha value is -3.48. The molecule has 2 aromatic carbocycles. The first-order chi connectivity index (χ1) is 14.4. The lowest BCUT2D eigenvalue weighted by Crippen LogP contribution is -2.08. The summed E-state index contributed by atoms with van der Waals surface area (Å²) < 4.78 is 16.9. The van der Waals surface area contributed by atoms with Gasteiger partial charge < -0.3 is 24.1 Å². The maximum atomic E-state index is 11.6. The molecule has 0 aliphatic rings. The van der Waals surface area contributed by atoms with Gasteiger partial charge in [-0.1, -0.05) is 25.5 Å². The molecule has 0 unspecified atom stereocenters. The first-order valence-corrected chi connectivity index (χ1v) is 9.80. The molecule has 0 radical (unpaired) electrons. The molecule has 3 rings (SSSR count). The molecule has 1 aromatic heterocycles. The Morgan fingerprint density at radius 1 is 1.07 bits per heavy atom. The number of para-hydroxylation sites is 1. The molecule has 30 heavy (non-hydrogen) atoms. The Bertz CT molecular complexity index is 1060. The van der Waals surface area contributed by atoms with Gasteiger partial charge in [0.2, 0.25) is 0 Å². The fourth-order valence-corrected chi connectivity index (χ4v) is 3.25. The van der Waals surface area contributed by atoms with Crippen LogP contribution in [0.5, 0.6) is 17.2 Å². The Kier molecular flexibility index (Phi) is 6.61. The normalized spacial score (nSPS) is 10.9. The predicted octanol–water partition coefficient (Wildman–Crippen LogP) is 4.84. The lowest BCUT2D eigenvalue weighted by atomic mass is 10.0. The van der Waals surface area contributed by atoms with Gasteiger partial charge in [0, 0.05) is 12.0 Å². The van der Waals surface area contributed by atoms with Gasteiger partial charge in [-0.15, -0.1) is 0 Å². The van der Waals surface area contributed by atoms with Crippen molar-refractivity contribution in [3.05, 3.63) is 53.3 Å². The average molecular weight is 412 g/mol. The van der Waals surface area contributed by atoms with E-state index in [-0.39, 0.29) is 35.2 Å². The predicted molar refractivity (Wildman–Crippen MR) is 111 cm³/mol. The number of ketones is 1. The highest BCUT2D eigenvalue weighted by Crippen LogP contribution is 2.34. The van der Waals surface area contributed by atoms with Crippen molar-refractivity contribution in [1.82, 2.24) is 0 Å². The van der Waals surface area contributed by atoms with Gasteiger partial charge in [-0.3, -0.25) is 4.79 Å². The van der Waals surface area contributed by atoms with Gasteiger partial charge in [0.1, 0.15) is 17.1 Å². The summed E-state index contributed by atoms with van der Waals surface area (Å²) in [5.74, 6) is -0.928. The van der Waals surface area contributed by atoms with Gasteiger partial charge in [-0.05, 0) is 37.6 Å². The molecule has 7 nitrogen and oxygen atoms in total. The lowest BCUT2D eigenvalue weighted by molar-refractivity contribution is 0.0658. The minimum absolute atomic E-state index is 0.0333. The number of ether oxygens (including phenoxy) is 2. The smallest absolute Gasteiger partial charge is 0.375 e. The van der Waals surface area contributed by atoms with E-state index in [0.717, 1.165) is 6.42 Å². The largest absolute Gasteiger partial charge is 0.507 e. The zero-order chi connectivity index (χ0) is 21.7. The van der Waals surface area contributed by atoms with Gasteiger partial charge in [0.25, 0.3) is 5.76 Å². The lowest BCUT2D eigenvalue weighted by Gasteiger charge is -2.14. The number of hydrogen-bond donors (Lipinski definition) is 2. The van der Waals surface area contributed by atoms with Crippen LogP contribution in [0.1, 0.15) is 53.2 Å². The van der Waals surface area contributed by atoms with Crippen molar-refractivity contribution < 1.29 is 33.7 Å². The maximum absolute atomic E-state index is 11.6. The SMILES string of the molecule is CCCc1c(OCCCOc2c(C(=O)O)oc3ccccc23)ccc(C(C)=O)c1O. The molecule has 0 aliphatic carbocycles. The van der Waals surface area contributed by atoms with E-state index in [9.17, 15) is 19.8 Å². The fraction of sp³-hybridized carbons (Fsp3) is 0.304. The molecule has 0 aliphatic heterocycles. The summed E-state index contributed by atoms with van der Waals surface area (Å²) in [6, 6.07) is 10.2. The highest BCUT2D eigenvalue weighted by Gasteiger charge is 2.21. The molecule has 0 atom stereocenters. The maximum Gasteiger partial charge on any atom is 0.375 e. The molecule has 0 fully saturated rings. The highest BCUT2D eigenvalue weighted by atomic mass is 16.5. The van der Waals surface area contributed by atoms with Crippen LogP contribution in [-0.2, 0) is 6.42 Å². The number of phenolic OH excluding ortho intramolecular Hbond substituents is 1. The van der Waals surface area contributed by atoms with Crippen molar-refractivity contribution >= 4 is 22.7 Å². The van der Waals surface area contributed by atoms with Crippen LogP contribution in [0.15, 0.2) is 40.8 Å². The first-order valence-electron chi connectivity index (χ1n) is 9.80. The van der Waals surface area contributed by atoms with Gasteiger partial charge >= 0.3 is 5.97 Å². The molecule has 1 heterocycles. The summed E-state index contributed by atoms with van der Waals surface area (Å²) in [6.45, 7) is 3.92. The first kappa shape index (κ1) is 21.2. The molecular formula is C23H24O7. The van der Waals surface area contributed by atoms with Crippen molar-refractivity contribution in [3.8, 4) is 17.2 Å². The molecule has 158 valence electrons. The van der Waals surface area contributed by atoms with E-state index in [1.165, 1.54) is 6.92 Å². The number of carbonyl (C=O) groups excluding carboxylic acids is 1. The number of Topliss-reactive ketones (excluding diaryl/α,β-unsaturated/α-hetero) is 1. The number of phenols is 1. The van der Waals surface area contributed by atoms with Crippen LogP contribution in [0, 0.1) is 0 Å². The van der Waals surface area contributed by atoms with Gasteiger partial charge in [-0.2, -0.15) is 0 Å². The van der Waals surface area contributed by atoms with Crippen molar-refractivity contribution in [2.45, 2.75) is 33.1 Å². The molecular weight excluding hydrogens is 388 g/mol. The van der Waals surface area contributed by atoms with Crippen LogP contribution in [0.25, 0.3) is 11.0 Å². The second-order valence-electron chi connectivity index (χ2n) is 6.86. The van der Waals surface area contributed by atoms with Crippen LogP contribution in [0.3, 0.4) is 0 Å². The number of hydrogen-bond acceptors (Lipinski definition) is 6. The van der Waals surface area contributed by atoms with Crippen molar-refractivity contribution in [2.75, 3.05) is 13.2 Å². The molecule has 0 spiro atoms. The van der Waals surface area contributed by atoms with Crippen molar-refractivity contribution in [3.63, 3.8) is 0 Å². The van der Waals surface area contributed by atoms with E-state index in [1.54, 1.807) is 36.4 Å². The van der Waals surface area contributed by atoms with Crippen LogP contribution in [0.4, 0.5) is 0 Å². The summed E-state index contributed by atoms with van der Waals surface area (Å²) in [5.41, 5.74) is 1.34. The molecule has 0 saturated heterocycles. The quantitative estimate of drug-likeness (QED) is 0.362. The third kappa shape index (κ3) is 4.40. The number of rotatable bonds is 10. The van der Waals surface area contributed by atoms with E-state index in [0.29, 0.717) is 41.7 Å². The summed E-state index contributed by atoms with van der Waals surface area (Å²) in [5, 5.41) is 20.3. The van der Waals surface area contributed by atoms with E-state index in [1.807, 2.05) is 6.92 Å². The third-order valence-corrected chi connectivity index (χ3v) is 4.66. The summed E-state index contributed by atoms with van der Waals surface area (Å²) >= 11 is 0. The monoisotopic (exact) mass is 412 g/mol. The number of carboxylic acid groups (broad SMARTS) is 1. The topological polar surface area (TPSA) is 106 Å². The number of furan rings is 1. The molecule has 0 amide bonds. The van der Waals surface area contributed by atoms with Gasteiger partial charge in [0.05, 0.1) is 24.2 Å². The second kappa shape index (κ2) is 9.35. The third-order valence-electron chi connectivity index (χ3n) is 4.66. The van der Waals surface area contributed by atoms with E-state index in [2.05, 4.69) is 0 Å². The van der Waals surface area contributed by atoms with E-state index < -0.39 is 5.97 Å². The fourth-order valence-electron chi connectivity index (χ4n) is 3.25. The second-order valence-corrected chi connectivity index (χ2v) is 6.86. The van der Waals surface area contributed by atoms with Crippen molar-refractivity contribution in [1.29, 1.82) is 0 Å². The van der Waals surface area contributed by atoms with Crippen molar-refractivity contribution in [2.24, 2.45) is 0 Å². The molecule has 2 N–H and O–H groups in total. The number of carboxylic acids is 1. The average Bonchev–Trinajstić information content (AvgIpc) is 3.09. The minimum Gasteiger partial charge on any atom is -0.507 e. The number of carbonyl (C=O) groups is 2. The Labute approximate surface area is 173 Å². The number of fused-ring (bicyclic) bond motifs is 1. The molecule has 0 saturated carbocycles. The Balaban J connectivity index is 1.64. The van der Waals surface area contributed by atoms with Gasteiger partial charge in [-0.25, -0.2) is 4.79 Å². The zero-order valence-electron chi connectivity index (χ0n) is 16.9. The molecule has 3 aromatic rings. The standard InChI is InChI=1S/C23H24O7/c1-3-7-16-18(11-10-15(14(2)24)20(16)25)28-12-6-13-29-21-17-8-4-5-9-19(17)30-22(21)23(26)27/h4-5,8-11,25H,3,6-7,12-13H2,1-2H3,(H,26,27). The van der Waals surface area contributed by atoms with Crippen LogP contribution in [-0.4, -0.2) is 35.2 Å². The summed E-state index contributed by atoms with van der Waals surface area (Å²) in [6.07, 6.45) is 1.86. The van der Waals surface area contributed by atoms with E-state index in [4.69, 9.17) is 13.9 Å². The van der Waals surface area contributed by atoms with Gasteiger partial charge in [0.15, 0.2) is 11.5 Å². The highest BCUT2D eigenvalue weighted by molar-refractivity contribution is 5.98. The summed E-state index contributed by atoms with van der Waals surface area (Å²) in [7, 11) is 0. The Morgan fingerprint density at radius 3 is 2.50 bits per heavy atom. The summed E-state index contributed by atoms with van der Waals surface area (Å²) in [4.78, 5) is 23.1. The molecule has 0 bridgehead atoms. The Morgan fingerprint density at radius 2 is 1.80 bits per heavy atom. The minimum atomic E-state index is -1.19. The van der Waals surface area contributed by atoms with Crippen LogP contribution >= 0.6 is 0 Å². The number of benzene rings is 2. The number of aromatic carboxylic acids is 1. The number of aromatic hydroxyl groups is 1.